The van der Waals surface area contributed by atoms with Gasteiger partial charge in [0.05, 0.1) is 34.8 Å². The van der Waals surface area contributed by atoms with Crippen molar-refractivity contribution in [3.05, 3.63) is 56.9 Å². The highest BCUT2D eigenvalue weighted by atomic mass is 32.2. The van der Waals surface area contributed by atoms with Crippen molar-refractivity contribution in [1.82, 2.24) is 14.5 Å². The van der Waals surface area contributed by atoms with Crippen LogP contribution in [-0.2, 0) is 38.9 Å². The Labute approximate surface area is 208 Å². The van der Waals surface area contributed by atoms with Crippen molar-refractivity contribution in [3.8, 4) is 17.1 Å². The van der Waals surface area contributed by atoms with E-state index in [4.69, 9.17) is 14.5 Å². The molecule has 5 rings (SSSR count). The fraction of sp³-hybridized carbons (Fsp3) is 0.400. The molecule has 0 bridgehead atoms. The molecule has 1 N–H and O–H groups in total. The van der Waals surface area contributed by atoms with E-state index in [2.05, 4.69) is 0 Å². The minimum atomic E-state index is -3.05. The Balaban J connectivity index is 1.50. The number of nitrogens with zero attached hydrogens (tertiary/aromatic N) is 3. The van der Waals surface area contributed by atoms with Crippen LogP contribution in [0.5, 0.6) is 5.75 Å². The molecule has 2 aromatic heterocycles. The molecule has 3 aromatic rings. The molecule has 0 radical (unpaired) electrons. The Bertz CT molecular complexity index is 1560. The number of carbonyl (C=O) groups excluding carboxylic acids is 1. The zero-order chi connectivity index (χ0) is 25.8. The standard InChI is InChI=1S/C25H27N3O7S/c1-4-15-16-9-14(35-13-27(2)7-8-36(3,32)33)5-6-20(16)26-22-18(15)11-28-21(22)10-17-19(24(28)30)12-34-25(31)23(17)29/h5-6,9-10,23,29H,4,7-8,11-13H2,1-3H3. The van der Waals surface area contributed by atoms with Crippen LogP contribution in [0.4, 0.5) is 0 Å². The van der Waals surface area contributed by atoms with Crippen LogP contribution < -0.4 is 10.3 Å². The topological polar surface area (TPSA) is 128 Å². The fourth-order valence-electron chi connectivity index (χ4n) is 4.75. The van der Waals surface area contributed by atoms with Crippen LogP contribution in [0.1, 0.15) is 35.3 Å². The van der Waals surface area contributed by atoms with Crippen LogP contribution in [0.15, 0.2) is 29.1 Å². The monoisotopic (exact) mass is 513 g/mol. The van der Waals surface area contributed by atoms with Gasteiger partial charge in [0.25, 0.3) is 5.56 Å². The summed E-state index contributed by atoms with van der Waals surface area (Å²) in [5, 5.41) is 11.2. The molecule has 0 saturated carbocycles. The third-order valence-electron chi connectivity index (χ3n) is 6.69. The van der Waals surface area contributed by atoms with E-state index in [0.29, 0.717) is 36.6 Å². The van der Waals surface area contributed by atoms with Crippen molar-refractivity contribution >= 4 is 26.7 Å². The first-order chi connectivity index (χ1) is 17.1. The average molecular weight is 514 g/mol. The molecule has 0 fully saturated rings. The molecule has 0 spiro atoms. The van der Waals surface area contributed by atoms with Gasteiger partial charge in [0, 0.05) is 29.3 Å². The predicted molar refractivity (Wildman–Crippen MR) is 133 cm³/mol. The predicted octanol–water partition coefficient (Wildman–Crippen LogP) is 1.39. The van der Waals surface area contributed by atoms with E-state index in [1.165, 1.54) is 6.26 Å². The van der Waals surface area contributed by atoms with Crippen molar-refractivity contribution < 1.29 is 27.8 Å². The van der Waals surface area contributed by atoms with Gasteiger partial charge in [-0.05, 0) is 43.3 Å². The third kappa shape index (κ3) is 4.27. The van der Waals surface area contributed by atoms with Gasteiger partial charge < -0.3 is 19.1 Å². The lowest BCUT2D eigenvalue weighted by Gasteiger charge is -2.21. The third-order valence-corrected chi connectivity index (χ3v) is 7.62. The molecule has 1 aromatic carbocycles. The van der Waals surface area contributed by atoms with Gasteiger partial charge in [-0.25, -0.2) is 18.2 Å². The highest BCUT2D eigenvalue weighted by Crippen LogP contribution is 2.38. The maximum Gasteiger partial charge on any atom is 0.340 e. The number of hydrogen-bond acceptors (Lipinski definition) is 9. The SMILES string of the molecule is CCc1c2c(nc3ccc(OCN(C)CCS(C)(=O)=O)cc13)-c1cc3c(c(=O)n1C2)COC(=O)C3O. The number of aliphatic hydroxyl groups excluding tert-OH is 1. The molecule has 0 aliphatic carbocycles. The quantitative estimate of drug-likeness (QED) is 0.288. The number of pyridine rings is 2. The Hall–Kier alpha value is -3.28. The number of hydrogen-bond donors (Lipinski definition) is 1. The largest absolute Gasteiger partial charge is 0.478 e. The number of benzene rings is 1. The summed E-state index contributed by atoms with van der Waals surface area (Å²) in [6.07, 6.45) is 0.420. The van der Waals surface area contributed by atoms with E-state index in [0.717, 1.165) is 22.0 Å². The molecule has 11 heteroatoms. The molecule has 4 heterocycles. The molecule has 1 unspecified atom stereocenters. The molecule has 0 amide bonds. The Morgan fingerprint density at radius 1 is 1.25 bits per heavy atom. The summed E-state index contributed by atoms with van der Waals surface area (Å²) in [4.78, 5) is 31.7. The zero-order valence-electron chi connectivity index (χ0n) is 20.3. The van der Waals surface area contributed by atoms with Gasteiger partial charge in [-0.2, -0.15) is 0 Å². The van der Waals surface area contributed by atoms with Crippen molar-refractivity contribution in [1.29, 1.82) is 0 Å². The van der Waals surface area contributed by atoms with E-state index < -0.39 is 21.9 Å². The Morgan fingerprint density at radius 3 is 2.75 bits per heavy atom. The summed E-state index contributed by atoms with van der Waals surface area (Å²) in [6, 6.07) is 7.25. The second kappa shape index (κ2) is 8.99. The van der Waals surface area contributed by atoms with Crippen molar-refractivity contribution in [3.63, 3.8) is 0 Å². The number of rotatable bonds is 7. The van der Waals surface area contributed by atoms with Crippen LogP contribution in [0.3, 0.4) is 0 Å². The number of fused-ring (bicyclic) bond motifs is 5. The summed E-state index contributed by atoms with van der Waals surface area (Å²) >= 11 is 0. The van der Waals surface area contributed by atoms with E-state index >= 15 is 0 Å². The molecule has 2 aliphatic heterocycles. The number of sulfone groups is 1. The lowest BCUT2D eigenvalue weighted by Crippen LogP contribution is -2.32. The molecular weight excluding hydrogens is 486 g/mol. The van der Waals surface area contributed by atoms with Crippen molar-refractivity contribution in [2.24, 2.45) is 0 Å². The van der Waals surface area contributed by atoms with Crippen molar-refractivity contribution in [2.45, 2.75) is 32.6 Å². The fourth-order valence-corrected chi connectivity index (χ4v) is 5.40. The zero-order valence-corrected chi connectivity index (χ0v) is 21.1. The maximum absolute atomic E-state index is 13.2. The van der Waals surface area contributed by atoms with Gasteiger partial charge in [0.15, 0.2) is 6.10 Å². The summed E-state index contributed by atoms with van der Waals surface area (Å²) in [6.45, 7) is 2.82. The van der Waals surface area contributed by atoms with E-state index in [1.807, 2.05) is 19.1 Å². The number of aryl methyl sites for hydroxylation is 1. The smallest absolute Gasteiger partial charge is 0.340 e. The molecule has 10 nitrogen and oxygen atoms in total. The number of aliphatic hydroxyl groups is 1. The van der Waals surface area contributed by atoms with E-state index in [1.54, 1.807) is 28.6 Å². The van der Waals surface area contributed by atoms with Gasteiger partial charge in [-0.15, -0.1) is 0 Å². The molecule has 36 heavy (non-hydrogen) atoms. The Kier molecular flexibility index (Phi) is 6.09. The number of esters is 1. The highest BCUT2D eigenvalue weighted by molar-refractivity contribution is 7.90. The summed E-state index contributed by atoms with van der Waals surface area (Å²) in [5.74, 6) is -0.0752. The average Bonchev–Trinajstić information content (AvgIpc) is 3.20. The second-order valence-electron chi connectivity index (χ2n) is 9.30. The first kappa shape index (κ1) is 24.4. The molecule has 1 atom stereocenters. The first-order valence-corrected chi connectivity index (χ1v) is 13.7. The van der Waals surface area contributed by atoms with Crippen molar-refractivity contribution in [2.75, 3.05) is 32.3 Å². The second-order valence-corrected chi connectivity index (χ2v) is 11.6. The van der Waals surface area contributed by atoms with Crippen LogP contribution in [0.2, 0.25) is 0 Å². The highest BCUT2D eigenvalue weighted by Gasteiger charge is 2.34. The van der Waals surface area contributed by atoms with Gasteiger partial charge >= 0.3 is 5.97 Å². The van der Waals surface area contributed by atoms with Crippen LogP contribution in [0, 0.1) is 0 Å². The number of cyclic esters (lactones) is 1. The molecule has 2 aliphatic rings. The molecule has 0 saturated heterocycles. The van der Waals surface area contributed by atoms with Crippen LogP contribution in [-0.4, -0.2) is 66.3 Å². The van der Waals surface area contributed by atoms with E-state index in [9.17, 15) is 23.1 Å². The maximum atomic E-state index is 13.2. The van der Waals surface area contributed by atoms with Gasteiger partial charge in [-0.1, -0.05) is 6.92 Å². The van der Waals surface area contributed by atoms with Crippen LogP contribution >= 0.6 is 0 Å². The van der Waals surface area contributed by atoms with E-state index in [-0.39, 0.29) is 35.8 Å². The van der Waals surface area contributed by atoms with Crippen LogP contribution in [0.25, 0.3) is 22.3 Å². The minimum absolute atomic E-state index is 0.0568. The lowest BCUT2D eigenvalue weighted by molar-refractivity contribution is -0.157. The summed E-state index contributed by atoms with van der Waals surface area (Å²) in [7, 11) is -1.26. The number of aromatic nitrogens is 2. The van der Waals surface area contributed by atoms with Gasteiger partial charge in [0.1, 0.15) is 28.9 Å². The Morgan fingerprint density at radius 2 is 2.03 bits per heavy atom. The first-order valence-electron chi connectivity index (χ1n) is 11.6. The molecule has 190 valence electrons. The normalized spacial score (nSPS) is 16.6. The minimum Gasteiger partial charge on any atom is -0.478 e. The summed E-state index contributed by atoms with van der Waals surface area (Å²) < 4.78 is 35.3. The van der Waals surface area contributed by atoms with Gasteiger partial charge in [0.2, 0.25) is 0 Å². The van der Waals surface area contributed by atoms with Gasteiger partial charge in [-0.3, -0.25) is 9.69 Å². The lowest BCUT2D eigenvalue weighted by atomic mass is 9.97. The number of ether oxygens (including phenoxy) is 2. The number of carbonyl (C=O) groups is 1. The molecular formula is C25H27N3O7S. The summed E-state index contributed by atoms with van der Waals surface area (Å²) in [5.41, 5.74) is 4.22.